The summed E-state index contributed by atoms with van der Waals surface area (Å²) in [6.45, 7) is 10.5. The first kappa shape index (κ1) is 13.5. The van der Waals surface area contributed by atoms with Gasteiger partial charge in [-0.25, -0.2) is 4.98 Å². The van der Waals surface area contributed by atoms with Crippen molar-refractivity contribution in [2.45, 2.75) is 40.0 Å². The van der Waals surface area contributed by atoms with Crippen molar-refractivity contribution < 1.29 is 0 Å². The molecule has 0 aliphatic carbocycles. The lowest BCUT2D eigenvalue weighted by Crippen LogP contribution is -2.11. The van der Waals surface area contributed by atoms with Crippen LogP contribution in [0.4, 0.5) is 5.95 Å². The Labute approximate surface area is 114 Å². The topological polar surface area (TPSA) is 64.7 Å². The van der Waals surface area contributed by atoms with Crippen LogP contribution in [0.15, 0.2) is 18.2 Å². The van der Waals surface area contributed by atoms with Crippen molar-refractivity contribution in [3.8, 4) is 11.4 Å². The van der Waals surface area contributed by atoms with Gasteiger partial charge in [-0.15, -0.1) is 0 Å². The van der Waals surface area contributed by atoms with Crippen LogP contribution in [-0.4, -0.2) is 15.0 Å². The quantitative estimate of drug-likeness (QED) is 0.851. The zero-order valence-corrected chi connectivity index (χ0v) is 12.2. The number of aromatic nitrogens is 3. The maximum Gasteiger partial charge on any atom is 0.223 e. The van der Waals surface area contributed by atoms with E-state index in [1.165, 1.54) is 5.56 Å². The van der Waals surface area contributed by atoms with Gasteiger partial charge in [-0.3, -0.25) is 0 Å². The fourth-order valence-corrected chi connectivity index (χ4v) is 2.00. The third kappa shape index (κ3) is 2.89. The maximum absolute atomic E-state index is 5.68. The van der Waals surface area contributed by atoms with Crippen LogP contribution >= 0.6 is 0 Å². The van der Waals surface area contributed by atoms with Crippen LogP contribution in [0.3, 0.4) is 0 Å². The summed E-state index contributed by atoms with van der Waals surface area (Å²) in [6.07, 6.45) is 0. The van der Waals surface area contributed by atoms with Gasteiger partial charge < -0.3 is 5.73 Å². The summed E-state index contributed by atoms with van der Waals surface area (Å²) in [5.41, 5.74) is 9.27. The van der Waals surface area contributed by atoms with E-state index in [1.54, 1.807) is 0 Å². The molecule has 0 saturated heterocycles. The number of hydrogen-bond acceptors (Lipinski definition) is 4. The van der Waals surface area contributed by atoms with E-state index < -0.39 is 0 Å². The summed E-state index contributed by atoms with van der Waals surface area (Å²) >= 11 is 0. The lowest BCUT2D eigenvalue weighted by Gasteiger charge is -2.20. The van der Waals surface area contributed by atoms with E-state index in [4.69, 9.17) is 5.73 Å². The Kier molecular flexibility index (Phi) is 3.27. The Bertz CT molecular complexity index is 592. The second-order valence-corrected chi connectivity index (χ2v) is 5.84. The average Bonchev–Trinajstić information content (AvgIpc) is 2.26. The Morgan fingerprint density at radius 2 is 1.68 bits per heavy atom. The molecule has 1 heterocycles. The minimum Gasteiger partial charge on any atom is -0.368 e. The molecule has 2 aromatic rings. The van der Waals surface area contributed by atoms with Crippen LogP contribution in [0.5, 0.6) is 0 Å². The summed E-state index contributed by atoms with van der Waals surface area (Å²) in [5, 5.41) is 0. The van der Waals surface area contributed by atoms with Crippen LogP contribution in [0.1, 0.15) is 37.7 Å². The molecule has 2 N–H and O–H groups in total. The number of nitrogens with two attached hydrogens (primary N) is 1. The van der Waals surface area contributed by atoms with Gasteiger partial charge in [-0.1, -0.05) is 39.0 Å². The molecule has 0 spiro atoms. The first-order valence-corrected chi connectivity index (χ1v) is 6.37. The van der Waals surface area contributed by atoms with E-state index in [-0.39, 0.29) is 11.4 Å². The fourth-order valence-electron chi connectivity index (χ4n) is 2.00. The number of aryl methyl sites for hydroxylation is 2. The van der Waals surface area contributed by atoms with Crippen molar-refractivity contribution in [1.29, 1.82) is 0 Å². The largest absolute Gasteiger partial charge is 0.368 e. The van der Waals surface area contributed by atoms with Gasteiger partial charge in [0.05, 0.1) is 0 Å². The SMILES string of the molecule is Cc1nc(N)nc(-c2ccc(C(C)(C)C)cc2C)n1. The minimum absolute atomic E-state index is 0.136. The van der Waals surface area contributed by atoms with Gasteiger partial charge in [0.2, 0.25) is 5.95 Å². The van der Waals surface area contributed by atoms with Crippen molar-refractivity contribution in [3.05, 3.63) is 35.2 Å². The molecule has 0 bridgehead atoms. The van der Waals surface area contributed by atoms with Gasteiger partial charge in [-0.2, -0.15) is 9.97 Å². The molecule has 0 aliphatic rings. The third-order valence-corrected chi connectivity index (χ3v) is 3.10. The molecule has 0 atom stereocenters. The Balaban J connectivity index is 2.52. The molecular weight excluding hydrogens is 236 g/mol. The van der Waals surface area contributed by atoms with E-state index in [2.05, 4.69) is 60.8 Å². The molecule has 0 unspecified atom stereocenters. The van der Waals surface area contributed by atoms with E-state index in [0.717, 1.165) is 11.1 Å². The van der Waals surface area contributed by atoms with Crippen molar-refractivity contribution in [1.82, 2.24) is 15.0 Å². The maximum atomic E-state index is 5.68. The molecule has 0 fully saturated rings. The fraction of sp³-hybridized carbons (Fsp3) is 0.400. The standard InChI is InChI=1S/C15H20N4/c1-9-8-11(15(3,4)5)6-7-12(9)13-17-10(2)18-14(16)19-13/h6-8H,1-5H3,(H2,16,17,18,19). The summed E-state index contributed by atoms with van der Waals surface area (Å²) in [7, 11) is 0. The highest BCUT2D eigenvalue weighted by Gasteiger charge is 2.15. The zero-order chi connectivity index (χ0) is 14.2. The molecule has 4 heteroatoms. The average molecular weight is 256 g/mol. The smallest absolute Gasteiger partial charge is 0.223 e. The molecular formula is C15H20N4. The summed E-state index contributed by atoms with van der Waals surface area (Å²) in [5.74, 6) is 1.55. The zero-order valence-electron chi connectivity index (χ0n) is 12.2. The van der Waals surface area contributed by atoms with Crippen LogP contribution in [-0.2, 0) is 5.41 Å². The summed E-state index contributed by atoms with van der Waals surface area (Å²) in [6, 6.07) is 6.37. The lowest BCUT2D eigenvalue weighted by atomic mass is 9.85. The number of benzene rings is 1. The number of hydrogen-bond donors (Lipinski definition) is 1. The second-order valence-electron chi connectivity index (χ2n) is 5.84. The molecule has 1 aromatic carbocycles. The van der Waals surface area contributed by atoms with Crippen LogP contribution in [0.25, 0.3) is 11.4 Å². The minimum atomic E-state index is 0.136. The highest BCUT2D eigenvalue weighted by molar-refractivity contribution is 5.61. The number of rotatable bonds is 1. The predicted octanol–water partition coefficient (Wildman–Crippen LogP) is 3.04. The van der Waals surface area contributed by atoms with Gasteiger partial charge in [0.25, 0.3) is 0 Å². The molecule has 1 aromatic heterocycles. The van der Waals surface area contributed by atoms with Crippen LogP contribution in [0, 0.1) is 13.8 Å². The summed E-state index contributed by atoms with van der Waals surface area (Å²) in [4.78, 5) is 12.6. The molecule has 100 valence electrons. The van der Waals surface area contributed by atoms with E-state index >= 15 is 0 Å². The lowest BCUT2D eigenvalue weighted by molar-refractivity contribution is 0.590. The molecule has 0 aliphatic heterocycles. The van der Waals surface area contributed by atoms with E-state index in [1.807, 2.05) is 6.92 Å². The first-order chi connectivity index (χ1) is 8.77. The Morgan fingerprint density at radius 3 is 2.21 bits per heavy atom. The number of nitrogen functional groups attached to an aromatic ring is 1. The molecule has 19 heavy (non-hydrogen) atoms. The van der Waals surface area contributed by atoms with Crippen molar-refractivity contribution >= 4 is 5.95 Å². The number of nitrogens with zero attached hydrogens (tertiary/aromatic N) is 3. The number of anilines is 1. The molecule has 0 amide bonds. The van der Waals surface area contributed by atoms with E-state index in [9.17, 15) is 0 Å². The van der Waals surface area contributed by atoms with Gasteiger partial charge in [0.15, 0.2) is 5.82 Å². The van der Waals surface area contributed by atoms with Gasteiger partial charge in [0.1, 0.15) is 5.82 Å². The van der Waals surface area contributed by atoms with Crippen molar-refractivity contribution in [2.24, 2.45) is 0 Å². The van der Waals surface area contributed by atoms with Gasteiger partial charge in [-0.05, 0) is 30.4 Å². The van der Waals surface area contributed by atoms with E-state index in [0.29, 0.717) is 11.6 Å². The van der Waals surface area contributed by atoms with Gasteiger partial charge >= 0.3 is 0 Å². The highest BCUT2D eigenvalue weighted by atomic mass is 15.1. The third-order valence-electron chi connectivity index (χ3n) is 3.10. The normalized spacial score (nSPS) is 11.6. The second kappa shape index (κ2) is 4.61. The Morgan fingerprint density at radius 1 is 1.00 bits per heavy atom. The monoisotopic (exact) mass is 256 g/mol. The van der Waals surface area contributed by atoms with Crippen LogP contribution < -0.4 is 5.73 Å². The van der Waals surface area contributed by atoms with Crippen LogP contribution in [0.2, 0.25) is 0 Å². The molecule has 0 saturated carbocycles. The highest BCUT2D eigenvalue weighted by Crippen LogP contribution is 2.28. The molecule has 4 nitrogen and oxygen atoms in total. The van der Waals surface area contributed by atoms with Gasteiger partial charge in [0, 0.05) is 5.56 Å². The predicted molar refractivity (Wildman–Crippen MR) is 77.8 cm³/mol. The van der Waals surface area contributed by atoms with Crippen molar-refractivity contribution in [3.63, 3.8) is 0 Å². The Hall–Kier alpha value is -1.97. The first-order valence-electron chi connectivity index (χ1n) is 6.37. The van der Waals surface area contributed by atoms with Crippen molar-refractivity contribution in [2.75, 3.05) is 5.73 Å². The molecule has 0 radical (unpaired) electrons. The summed E-state index contributed by atoms with van der Waals surface area (Å²) < 4.78 is 0. The molecule has 2 rings (SSSR count).